The molecule has 1 aromatic heterocycles. The van der Waals surface area contributed by atoms with Gasteiger partial charge >= 0.3 is 0 Å². The molecule has 0 spiro atoms. The summed E-state index contributed by atoms with van der Waals surface area (Å²) >= 11 is 7.77. The number of aromatic nitrogens is 1. The lowest BCUT2D eigenvalue weighted by molar-refractivity contribution is 0.934. The van der Waals surface area contributed by atoms with Crippen molar-refractivity contribution < 1.29 is 0 Å². The van der Waals surface area contributed by atoms with Crippen LogP contribution in [0.1, 0.15) is 27.6 Å². The molecule has 0 aliphatic heterocycles. The maximum atomic E-state index is 6.08. The van der Waals surface area contributed by atoms with Gasteiger partial charge in [0.15, 0.2) is 0 Å². The minimum Gasteiger partial charge on any atom is -0.250 e. The monoisotopic (exact) mass is 251 g/mol. The number of hydrogen-bond donors (Lipinski definition) is 0. The molecule has 84 valence electrons. The number of nitrogens with zero attached hydrogens (tertiary/aromatic N) is 1. The zero-order valence-corrected chi connectivity index (χ0v) is 11.0. The summed E-state index contributed by atoms with van der Waals surface area (Å²) in [6.45, 7) is 4.14. The van der Waals surface area contributed by atoms with Gasteiger partial charge in [0.2, 0.25) is 0 Å². The Labute approximate surface area is 105 Å². The van der Waals surface area contributed by atoms with Crippen molar-refractivity contribution in [3.8, 4) is 0 Å². The molecule has 0 saturated carbocycles. The fraction of sp³-hybridized carbons (Fsp3) is 0.308. The fourth-order valence-corrected chi connectivity index (χ4v) is 3.11. The molecule has 1 unspecified atom stereocenters. The van der Waals surface area contributed by atoms with Crippen LogP contribution in [0.25, 0.3) is 0 Å². The molecule has 1 aromatic carbocycles. The van der Waals surface area contributed by atoms with E-state index in [9.17, 15) is 0 Å². The Morgan fingerprint density at radius 3 is 2.44 bits per heavy atom. The van der Waals surface area contributed by atoms with Gasteiger partial charge in [-0.05, 0) is 19.4 Å². The van der Waals surface area contributed by atoms with Gasteiger partial charge in [-0.15, -0.1) is 22.9 Å². The van der Waals surface area contributed by atoms with E-state index in [2.05, 4.69) is 36.2 Å². The zero-order valence-electron chi connectivity index (χ0n) is 9.40. The lowest BCUT2D eigenvalue weighted by atomic mass is 9.97. The van der Waals surface area contributed by atoms with Crippen LogP contribution < -0.4 is 0 Å². The molecule has 16 heavy (non-hydrogen) atoms. The third-order valence-electron chi connectivity index (χ3n) is 2.73. The second-order valence-corrected chi connectivity index (χ2v) is 5.11. The zero-order chi connectivity index (χ0) is 11.5. The fourth-order valence-electron chi connectivity index (χ4n) is 1.75. The average Bonchev–Trinajstić information content (AvgIpc) is 2.69. The summed E-state index contributed by atoms with van der Waals surface area (Å²) in [5, 5.41) is 0. The number of hydrogen-bond acceptors (Lipinski definition) is 2. The number of halogens is 1. The maximum Gasteiger partial charge on any atom is 0.0797 e. The van der Waals surface area contributed by atoms with E-state index in [0.717, 1.165) is 5.69 Å². The van der Waals surface area contributed by atoms with Crippen molar-refractivity contribution in [2.45, 2.75) is 19.8 Å². The van der Waals surface area contributed by atoms with E-state index in [1.807, 2.05) is 12.4 Å². The van der Waals surface area contributed by atoms with Gasteiger partial charge in [-0.2, -0.15) is 0 Å². The highest BCUT2D eigenvalue weighted by Crippen LogP contribution is 2.31. The number of thiazole rings is 1. The van der Waals surface area contributed by atoms with Crippen molar-refractivity contribution >= 4 is 22.9 Å². The van der Waals surface area contributed by atoms with Crippen LogP contribution in [0.3, 0.4) is 0 Å². The number of benzene rings is 1. The summed E-state index contributed by atoms with van der Waals surface area (Å²) < 4.78 is 0. The Hall–Kier alpha value is -0.860. The number of alkyl halides is 1. The van der Waals surface area contributed by atoms with E-state index >= 15 is 0 Å². The van der Waals surface area contributed by atoms with Gasteiger partial charge in [-0.25, -0.2) is 4.98 Å². The summed E-state index contributed by atoms with van der Waals surface area (Å²) in [6, 6.07) is 8.57. The molecule has 0 bridgehead atoms. The molecule has 0 aliphatic carbocycles. The quantitative estimate of drug-likeness (QED) is 0.748. The molecule has 1 heterocycles. The van der Waals surface area contributed by atoms with Crippen molar-refractivity contribution in [1.29, 1.82) is 0 Å². The van der Waals surface area contributed by atoms with Crippen LogP contribution in [0.2, 0.25) is 0 Å². The van der Waals surface area contributed by atoms with Crippen LogP contribution in [-0.4, -0.2) is 10.9 Å². The smallest absolute Gasteiger partial charge is 0.0797 e. The highest BCUT2D eigenvalue weighted by molar-refractivity contribution is 7.09. The first kappa shape index (κ1) is 11.6. The largest absolute Gasteiger partial charge is 0.250 e. The Morgan fingerprint density at radius 1 is 1.25 bits per heavy atom. The first-order chi connectivity index (χ1) is 7.72. The van der Waals surface area contributed by atoms with Crippen molar-refractivity contribution in [1.82, 2.24) is 4.98 Å². The van der Waals surface area contributed by atoms with Crippen LogP contribution in [-0.2, 0) is 0 Å². The standard InChI is InChI=1S/C13H14ClNS/c1-9-3-5-11(6-4-9)12(7-14)13-10(2)15-8-16-13/h3-6,8,12H,7H2,1-2H3. The number of aryl methyl sites for hydroxylation is 2. The third-order valence-corrected chi connectivity index (χ3v) is 4.09. The first-order valence-electron chi connectivity index (χ1n) is 5.25. The molecule has 3 heteroatoms. The van der Waals surface area contributed by atoms with Gasteiger partial charge in [-0.3, -0.25) is 0 Å². The van der Waals surface area contributed by atoms with Gasteiger partial charge in [0.05, 0.1) is 11.2 Å². The van der Waals surface area contributed by atoms with Crippen LogP contribution in [0.5, 0.6) is 0 Å². The van der Waals surface area contributed by atoms with Crippen molar-refractivity contribution in [2.24, 2.45) is 0 Å². The van der Waals surface area contributed by atoms with E-state index in [1.165, 1.54) is 16.0 Å². The lowest BCUT2D eigenvalue weighted by Crippen LogP contribution is -2.02. The lowest BCUT2D eigenvalue weighted by Gasteiger charge is -2.13. The topological polar surface area (TPSA) is 12.9 Å². The van der Waals surface area contributed by atoms with Gasteiger partial charge < -0.3 is 0 Å². The van der Waals surface area contributed by atoms with E-state index in [4.69, 9.17) is 11.6 Å². The Morgan fingerprint density at radius 2 is 1.94 bits per heavy atom. The van der Waals surface area contributed by atoms with Crippen molar-refractivity contribution in [3.63, 3.8) is 0 Å². The predicted molar refractivity (Wildman–Crippen MR) is 70.6 cm³/mol. The normalized spacial score (nSPS) is 12.7. The van der Waals surface area contributed by atoms with Crippen LogP contribution in [0.4, 0.5) is 0 Å². The van der Waals surface area contributed by atoms with Crippen molar-refractivity contribution in [2.75, 3.05) is 5.88 Å². The average molecular weight is 252 g/mol. The van der Waals surface area contributed by atoms with E-state index in [1.54, 1.807) is 11.3 Å². The number of rotatable bonds is 3. The molecule has 2 rings (SSSR count). The summed E-state index contributed by atoms with van der Waals surface area (Å²) in [6.07, 6.45) is 0. The Balaban J connectivity index is 2.37. The molecular formula is C13H14ClNS. The van der Waals surface area contributed by atoms with Crippen LogP contribution >= 0.6 is 22.9 Å². The van der Waals surface area contributed by atoms with E-state index in [-0.39, 0.29) is 5.92 Å². The molecule has 0 fully saturated rings. The van der Waals surface area contributed by atoms with Crippen LogP contribution in [0, 0.1) is 13.8 Å². The molecule has 0 aliphatic rings. The van der Waals surface area contributed by atoms with Crippen LogP contribution in [0.15, 0.2) is 29.8 Å². The second-order valence-electron chi connectivity index (χ2n) is 3.92. The predicted octanol–water partition coefficient (Wildman–Crippen LogP) is 4.13. The van der Waals surface area contributed by atoms with Gasteiger partial charge in [0.25, 0.3) is 0 Å². The summed E-state index contributed by atoms with van der Waals surface area (Å²) in [4.78, 5) is 5.57. The van der Waals surface area contributed by atoms with Gasteiger partial charge in [0, 0.05) is 16.7 Å². The van der Waals surface area contributed by atoms with E-state index < -0.39 is 0 Å². The molecule has 0 amide bonds. The minimum atomic E-state index is 0.273. The molecule has 1 nitrogen and oxygen atoms in total. The summed E-state index contributed by atoms with van der Waals surface area (Å²) in [7, 11) is 0. The molecule has 0 saturated heterocycles. The van der Waals surface area contributed by atoms with E-state index in [0.29, 0.717) is 5.88 Å². The Bertz CT molecular complexity index is 461. The molecule has 0 N–H and O–H groups in total. The molecule has 1 atom stereocenters. The van der Waals surface area contributed by atoms with Gasteiger partial charge in [0.1, 0.15) is 0 Å². The second kappa shape index (κ2) is 4.98. The van der Waals surface area contributed by atoms with Crippen molar-refractivity contribution in [3.05, 3.63) is 51.5 Å². The molecular weight excluding hydrogens is 238 g/mol. The SMILES string of the molecule is Cc1ccc(C(CCl)c2scnc2C)cc1. The van der Waals surface area contributed by atoms with Gasteiger partial charge in [-0.1, -0.05) is 29.8 Å². The maximum absolute atomic E-state index is 6.08. The summed E-state index contributed by atoms with van der Waals surface area (Å²) in [5.74, 6) is 0.876. The Kier molecular flexibility index (Phi) is 3.62. The molecule has 0 radical (unpaired) electrons. The minimum absolute atomic E-state index is 0.273. The molecule has 2 aromatic rings. The summed E-state index contributed by atoms with van der Waals surface area (Å²) in [5.41, 5.74) is 5.53. The first-order valence-corrected chi connectivity index (χ1v) is 6.66. The highest BCUT2D eigenvalue weighted by Gasteiger charge is 2.17. The third kappa shape index (κ3) is 2.28. The highest BCUT2D eigenvalue weighted by atomic mass is 35.5.